The fourth-order valence-corrected chi connectivity index (χ4v) is 5.45. The number of rotatable bonds is 7. The van der Waals surface area contributed by atoms with Gasteiger partial charge in [0.2, 0.25) is 10.0 Å². The summed E-state index contributed by atoms with van der Waals surface area (Å²) in [5.74, 6) is 1.83. The van der Waals surface area contributed by atoms with E-state index in [1.807, 2.05) is 45.1 Å². The van der Waals surface area contributed by atoms with Crippen molar-refractivity contribution in [1.29, 1.82) is 0 Å². The highest BCUT2D eigenvalue weighted by molar-refractivity contribution is 7.89. The summed E-state index contributed by atoms with van der Waals surface area (Å²) in [6.45, 7) is 3.34. The number of benzene rings is 1. The first-order valence-electron chi connectivity index (χ1n) is 10.1. The molecule has 2 aromatic rings. The molecular formula is C21H31N5O3S. The van der Waals surface area contributed by atoms with Crippen molar-refractivity contribution >= 4 is 15.8 Å². The van der Waals surface area contributed by atoms with Crippen molar-refractivity contribution < 1.29 is 13.2 Å². The lowest BCUT2D eigenvalue weighted by Crippen LogP contribution is -2.39. The fourth-order valence-electron chi connectivity index (χ4n) is 3.68. The molecule has 0 saturated carbocycles. The Balaban J connectivity index is 1.93. The van der Waals surface area contributed by atoms with Crippen LogP contribution in [0.15, 0.2) is 29.2 Å². The third kappa shape index (κ3) is 4.74. The molecule has 0 amide bonds. The number of anilines is 1. The van der Waals surface area contributed by atoms with Crippen molar-refractivity contribution in [3.8, 4) is 5.75 Å². The van der Waals surface area contributed by atoms with E-state index in [1.54, 1.807) is 16.4 Å². The Hall–Kier alpha value is -2.23. The van der Waals surface area contributed by atoms with Crippen LogP contribution in [-0.2, 0) is 16.6 Å². The molecule has 0 bridgehead atoms. The molecule has 1 atom stereocenters. The Kier molecular flexibility index (Phi) is 6.95. The van der Waals surface area contributed by atoms with Crippen LogP contribution in [0.4, 0.5) is 5.82 Å². The quantitative estimate of drug-likeness (QED) is 0.716. The molecule has 0 spiro atoms. The van der Waals surface area contributed by atoms with E-state index in [4.69, 9.17) is 14.7 Å². The molecule has 1 aliphatic rings. The lowest BCUT2D eigenvalue weighted by atomic mass is 9.98. The van der Waals surface area contributed by atoms with Crippen LogP contribution in [0.1, 0.15) is 35.8 Å². The monoisotopic (exact) mass is 433 g/mol. The van der Waals surface area contributed by atoms with Gasteiger partial charge in [-0.2, -0.15) is 4.31 Å². The molecule has 2 heterocycles. The molecule has 30 heavy (non-hydrogen) atoms. The number of nitrogens with one attached hydrogen (secondary N) is 1. The van der Waals surface area contributed by atoms with Crippen LogP contribution < -0.4 is 15.0 Å². The number of nitrogens with zero attached hydrogens (tertiary/aromatic N) is 4. The van der Waals surface area contributed by atoms with Crippen LogP contribution in [-0.4, -0.2) is 64.0 Å². The maximum atomic E-state index is 13.4. The number of methoxy groups -OCH3 is 1. The van der Waals surface area contributed by atoms with E-state index in [1.165, 1.54) is 7.11 Å². The molecule has 8 nitrogen and oxygen atoms in total. The molecular weight excluding hydrogens is 402 g/mol. The normalized spacial score (nSPS) is 17.7. The molecule has 0 unspecified atom stereocenters. The summed E-state index contributed by atoms with van der Waals surface area (Å²) in [5, 5.41) is 3.12. The minimum atomic E-state index is -3.68. The molecule has 1 aliphatic heterocycles. The maximum absolute atomic E-state index is 13.4. The zero-order chi connectivity index (χ0) is 21.9. The van der Waals surface area contributed by atoms with Crippen LogP contribution >= 0.6 is 0 Å². The number of ether oxygens (including phenoxy) is 1. The van der Waals surface area contributed by atoms with Gasteiger partial charge in [-0.25, -0.2) is 18.4 Å². The Morgan fingerprint density at radius 1 is 1.27 bits per heavy atom. The van der Waals surface area contributed by atoms with Crippen molar-refractivity contribution in [2.45, 2.75) is 37.1 Å². The van der Waals surface area contributed by atoms with Crippen molar-refractivity contribution in [3.63, 3.8) is 0 Å². The topological polar surface area (TPSA) is 87.7 Å². The number of aromatic nitrogens is 2. The van der Waals surface area contributed by atoms with Gasteiger partial charge in [-0.1, -0.05) is 6.07 Å². The second kappa shape index (κ2) is 9.28. The molecule has 164 valence electrons. The molecule has 1 aromatic heterocycles. The number of piperidine rings is 1. The van der Waals surface area contributed by atoms with Crippen molar-refractivity contribution in [2.75, 3.05) is 46.2 Å². The molecule has 3 rings (SSSR count). The van der Waals surface area contributed by atoms with Gasteiger partial charge in [-0.05, 0) is 44.5 Å². The van der Waals surface area contributed by atoms with E-state index >= 15 is 0 Å². The highest BCUT2D eigenvalue weighted by Crippen LogP contribution is 2.33. The molecule has 9 heteroatoms. The van der Waals surface area contributed by atoms with Gasteiger partial charge in [0, 0.05) is 45.7 Å². The predicted octanol–water partition coefficient (Wildman–Crippen LogP) is 2.15. The number of hydrogen-bond acceptors (Lipinski definition) is 7. The number of hydrogen-bond donors (Lipinski definition) is 1. The predicted molar refractivity (Wildman–Crippen MR) is 118 cm³/mol. The first kappa shape index (κ1) is 22.5. The Labute approximate surface area is 179 Å². The van der Waals surface area contributed by atoms with Crippen LogP contribution in [0.25, 0.3) is 0 Å². The standard InChI is InChI=1S/C21H31N5O3S/c1-15-8-9-18(29-5)19(11-15)30(27,28)26-10-6-7-16(14-26)21-23-17(13-22-2)12-20(24-21)25(3)4/h8-9,11-12,16,22H,6-7,10,13-14H2,1-5H3/t16-/m0/s1. The zero-order valence-electron chi connectivity index (χ0n) is 18.3. The second-order valence-electron chi connectivity index (χ2n) is 7.86. The largest absolute Gasteiger partial charge is 0.495 e. The van der Waals surface area contributed by atoms with E-state index in [2.05, 4.69) is 5.32 Å². The highest BCUT2D eigenvalue weighted by atomic mass is 32.2. The third-order valence-corrected chi connectivity index (χ3v) is 7.17. The van der Waals surface area contributed by atoms with Gasteiger partial charge in [0.1, 0.15) is 22.3 Å². The van der Waals surface area contributed by atoms with Crippen molar-refractivity contribution in [3.05, 3.63) is 41.3 Å². The molecule has 1 fully saturated rings. The fraction of sp³-hybridized carbons (Fsp3) is 0.524. The number of aryl methyl sites for hydroxylation is 1. The zero-order valence-corrected chi connectivity index (χ0v) is 19.2. The first-order valence-corrected chi connectivity index (χ1v) is 11.5. The van der Waals surface area contributed by atoms with Gasteiger partial charge < -0.3 is 15.0 Å². The summed E-state index contributed by atoms with van der Waals surface area (Å²) in [7, 11) is 3.57. The maximum Gasteiger partial charge on any atom is 0.246 e. The molecule has 1 N–H and O–H groups in total. The van der Waals surface area contributed by atoms with Gasteiger partial charge in [-0.15, -0.1) is 0 Å². The lowest BCUT2D eigenvalue weighted by molar-refractivity contribution is 0.307. The van der Waals surface area contributed by atoms with Gasteiger partial charge in [-0.3, -0.25) is 0 Å². The third-order valence-electron chi connectivity index (χ3n) is 5.29. The minimum Gasteiger partial charge on any atom is -0.495 e. The summed E-state index contributed by atoms with van der Waals surface area (Å²) >= 11 is 0. The van der Waals surface area contributed by atoms with Crippen LogP contribution in [0, 0.1) is 6.92 Å². The Morgan fingerprint density at radius 2 is 2.03 bits per heavy atom. The smallest absolute Gasteiger partial charge is 0.246 e. The van der Waals surface area contributed by atoms with Crippen LogP contribution in [0.2, 0.25) is 0 Å². The van der Waals surface area contributed by atoms with Crippen LogP contribution in [0.5, 0.6) is 5.75 Å². The van der Waals surface area contributed by atoms with E-state index < -0.39 is 10.0 Å². The SMILES string of the molecule is CNCc1cc(N(C)C)nc([C@H]2CCCN(S(=O)(=O)c3cc(C)ccc3OC)C2)n1. The van der Waals surface area contributed by atoms with Crippen molar-refractivity contribution in [1.82, 2.24) is 19.6 Å². The van der Waals surface area contributed by atoms with E-state index in [0.717, 1.165) is 29.9 Å². The average molecular weight is 434 g/mol. The molecule has 0 aliphatic carbocycles. The second-order valence-corrected chi connectivity index (χ2v) is 9.76. The molecule has 0 radical (unpaired) electrons. The molecule has 1 saturated heterocycles. The summed E-state index contributed by atoms with van der Waals surface area (Å²) < 4.78 is 33.7. The Bertz CT molecular complexity index is 994. The van der Waals surface area contributed by atoms with Crippen LogP contribution in [0.3, 0.4) is 0 Å². The highest BCUT2D eigenvalue weighted by Gasteiger charge is 2.34. The summed E-state index contributed by atoms with van der Waals surface area (Å²) in [6.07, 6.45) is 1.61. The summed E-state index contributed by atoms with van der Waals surface area (Å²) in [5.41, 5.74) is 1.77. The summed E-state index contributed by atoms with van der Waals surface area (Å²) in [6, 6.07) is 7.18. The summed E-state index contributed by atoms with van der Waals surface area (Å²) in [4.78, 5) is 11.6. The van der Waals surface area contributed by atoms with Gasteiger partial charge in [0.05, 0.1) is 12.8 Å². The Morgan fingerprint density at radius 3 is 2.70 bits per heavy atom. The number of sulfonamides is 1. The van der Waals surface area contributed by atoms with Crippen molar-refractivity contribution in [2.24, 2.45) is 0 Å². The van der Waals surface area contributed by atoms with E-state index in [9.17, 15) is 8.42 Å². The first-order chi connectivity index (χ1) is 14.3. The van der Waals surface area contributed by atoms with E-state index in [0.29, 0.717) is 31.2 Å². The van der Waals surface area contributed by atoms with Gasteiger partial charge >= 0.3 is 0 Å². The minimum absolute atomic E-state index is 0.0557. The molecule has 1 aromatic carbocycles. The van der Waals surface area contributed by atoms with E-state index in [-0.39, 0.29) is 10.8 Å². The van der Waals surface area contributed by atoms with Gasteiger partial charge in [0.25, 0.3) is 0 Å². The van der Waals surface area contributed by atoms with Gasteiger partial charge in [0.15, 0.2) is 0 Å². The average Bonchev–Trinajstić information content (AvgIpc) is 2.73. The lowest BCUT2D eigenvalue weighted by Gasteiger charge is -2.32.